The molecule has 1 N–H and O–H groups in total. The summed E-state index contributed by atoms with van der Waals surface area (Å²) in [7, 11) is 1.65. The van der Waals surface area contributed by atoms with Crippen molar-refractivity contribution in [2.75, 3.05) is 31.6 Å². The second kappa shape index (κ2) is 10.4. The molecule has 0 unspecified atom stereocenters. The number of ether oxygens (including phenoxy) is 1. The summed E-state index contributed by atoms with van der Waals surface area (Å²) in [6, 6.07) is 11.7. The lowest BCUT2D eigenvalue weighted by Gasteiger charge is -2.23. The molecule has 0 bridgehead atoms. The van der Waals surface area contributed by atoms with Crippen LogP contribution < -0.4 is 15.0 Å². The fourth-order valence-electron chi connectivity index (χ4n) is 2.82. The van der Waals surface area contributed by atoms with Gasteiger partial charge in [-0.1, -0.05) is 26.0 Å². The van der Waals surface area contributed by atoms with Crippen molar-refractivity contribution in [3.05, 3.63) is 53.9 Å². The Morgan fingerprint density at radius 2 is 1.77 bits per heavy atom. The molecule has 1 amide bonds. The van der Waals surface area contributed by atoms with Gasteiger partial charge in [-0.05, 0) is 49.1 Å². The molecule has 0 saturated heterocycles. The molecule has 1 aromatic heterocycles. The molecule has 0 aliphatic rings. The van der Waals surface area contributed by atoms with Crippen LogP contribution in [0.2, 0.25) is 0 Å². The Labute approximate surface area is 156 Å². The van der Waals surface area contributed by atoms with Crippen LogP contribution in [-0.2, 0) is 6.42 Å². The smallest absolute Gasteiger partial charge is 0.269 e. The average Bonchev–Trinajstić information content (AvgIpc) is 2.68. The predicted molar refractivity (Wildman–Crippen MR) is 106 cm³/mol. The number of anilines is 1. The SMILES string of the molecule is CCCN(CCC)c1ccc(C(=O)NCCc2ccc(OC)cc2)nc1. The van der Waals surface area contributed by atoms with E-state index in [0.717, 1.165) is 49.4 Å². The summed E-state index contributed by atoms with van der Waals surface area (Å²) >= 11 is 0. The molecule has 2 rings (SSSR count). The summed E-state index contributed by atoms with van der Waals surface area (Å²) in [6.07, 6.45) is 4.75. The number of pyridine rings is 1. The first-order valence-electron chi connectivity index (χ1n) is 9.30. The van der Waals surface area contributed by atoms with Gasteiger partial charge < -0.3 is 15.0 Å². The maximum atomic E-state index is 12.3. The van der Waals surface area contributed by atoms with Crippen LogP contribution in [0.15, 0.2) is 42.6 Å². The van der Waals surface area contributed by atoms with Gasteiger partial charge in [-0.15, -0.1) is 0 Å². The first-order valence-corrected chi connectivity index (χ1v) is 9.30. The summed E-state index contributed by atoms with van der Waals surface area (Å²) in [6.45, 7) is 6.92. The van der Waals surface area contributed by atoms with Crippen LogP contribution in [-0.4, -0.2) is 37.6 Å². The van der Waals surface area contributed by atoms with Crippen molar-refractivity contribution >= 4 is 11.6 Å². The fraction of sp³-hybridized carbons (Fsp3) is 0.429. The van der Waals surface area contributed by atoms with E-state index in [4.69, 9.17) is 4.74 Å². The Bertz CT molecular complexity index is 663. The van der Waals surface area contributed by atoms with E-state index in [-0.39, 0.29) is 5.91 Å². The Hall–Kier alpha value is -2.56. The summed E-state index contributed by atoms with van der Waals surface area (Å²) < 4.78 is 5.15. The number of hydrogen-bond donors (Lipinski definition) is 1. The number of methoxy groups -OCH3 is 1. The second-order valence-electron chi connectivity index (χ2n) is 6.24. The van der Waals surface area contributed by atoms with Crippen molar-refractivity contribution in [2.24, 2.45) is 0 Å². The van der Waals surface area contributed by atoms with Gasteiger partial charge in [0.1, 0.15) is 11.4 Å². The van der Waals surface area contributed by atoms with E-state index in [1.165, 1.54) is 0 Å². The Morgan fingerprint density at radius 1 is 1.08 bits per heavy atom. The maximum Gasteiger partial charge on any atom is 0.269 e. The normalized spacial score (nSPS) is 10.4. The van der Waals surface area contributed by atoms with Crippen molar-refractivity contribution < 1.29 is 9.53 Å². The molecule has 0 saturated carbocycles. The van der Waals surface area contributed by atoms with E-state index in [9.17, 15) is 4.79 Å². The maximum absolute atomic E-state index is 12.3. The highest BCUT2D eigenvalue weighted by atomic mass is 16.5. The van der Waals surface area contributed by atoms with Gasteiger partial charge in [0.2, 0.25) is 0 Å². The van der Waals surface area contributed by atoms with E-state index in [1.54, 1.807) is 19.4 Å². The number of nitrogens with one attached hydrogen (secondary N) is 1. The van der Waals surface area contributed by atoms with Crippen LogP contribution >= 0.6 is 0 Å². The standard InChI is InChI=1S/C21H29N3O2/c1-4-14-24(15-5-2)18-8-11-20(23-16-18)21(25)22-13-12-17-6-9-19(26-3)10-7-17/h6-11,16H,4-5,12-15H2,1-3H3,(H,22,25). The Kier molecular flexibility index (Phi) is 7.93. The van der Waals surface area contributed by atoms with Gasteiger partial charge >= 0.3 is 0 Å². The monoisotopic (exact) mass is 355 g/mol. The van der Waals surface area contributed by atoms with Gasteiger partial charge in [0.05, 0.1) is 19.0 Å². The van der Waals surface area contributed by atoms with Crippen LogP contribution in [0.4, 0.5) is 5.69 Å². The van der Waals surface area contributed by atoms with Crippen molar-refractivity contribution in [1.29, 1.82) is 0 Å². The van der Waals surface area contributed by atoms with Crippen molar-refractivity contribution in [2.45, 2.75) is 33.1 Å². The topological polar surface area (TPSA) is 54.5 Å². The van der Waals surface area contributed by atoms with E-state index in [2.05, 4.69) is 29.0 Å². The quantitative estimate of drug-likeness (QED) is 0.706. The lowest BCUT2D eigenvalue weighted by Crippen LogP contribution is -2.27. The molecule has 140 valence electrons. The molecule has 0 radical (unpaired) electrons. The lowest BCUT2D eigenvalue weighted by molar-refractivity contribution is 0.0949. The van der Waals surface area contributed by atoms with Crippen LogP contribution in [0.3, 0.4) is 0 Å². The summed E-state index contributed by atoms with van der Waals surface area (Å²) in [4.78, 5) is 18.9. The number of hydrogen-bond acceptors (Lipinski definition) is 4. The van der Waals surface area contributed by atoms with Gasteiger partial charge in [0.25, 0.3) is 5.91 Å². The summed E-state index contributed by atoms with van der Waals surface area (Å²) in [5.41, 5.74) is 2.68. The van der Waals surface area contributed by atoms with Gasteiger partial charge in [-0.3, -0.25) is 4.79 Å². The number of benzene rings is 1. The summed E-state index contributed by atoms with van der Waals surface area (Å²) in [5, 5.41) is 2.93. The number of amides is 1. The van der Waals surface area contributed by atoms with E-state index >= 15 is 0 Å². The third-order valence-electron chi connectivity index (χ3n) is 4.19. The van der Waals surface area contributed by atoms with Gasteiger partial charge in [0, 0.05) is 19.6 Å². The van der Waals surface area contributed by atoms with Gasteiger partial charge in [-0.25, -0.2) is 4.98 Å². The zero-order valence-corrected chi connectivity index (χ0v) is 16.0. The van der Waals surface area contributed by atoms with E-state index in [1.807, 2.05) is 30.3 Å². The van der Waals surface area contributed by atoms with Gasteiger partial charge in [0.15, 0.2) is 0 Å². The van der Waals surface area contributed by atoms with Crippen molar-refractivity contribution in [3.63, 3.8) is 0 Å². The molecule has 0 fully saturated rings. The van der Waals surface area contributed by atoms with Gasteiger partial charge in [-0.2, -0.15) is 0 Å². The highest BCUT2D eigenvalue weighted by Gasteiger charge is 2.09. The van der Waals surface area contributed by atoms with Crippen molar-refractivity contribution in [1.82, 2.24) is 10.3 Å². The molecule has 2 aromatic rings. The molecule has 1 heterocycles. The fourth-order valence-corrected chi connectivity index (χ4v) is 2.82. The largest absolute Gasteiger partial charge is 0.497 e. The first-order chi connectivity index (χ1) is 12.7. The molecule has 5 heteroatoms. The Morgan fingerprint density at radius 3 is 2.31 bits per heavy atom. The number of rotatable bonds is 10. The average molecular weight is 355 g/mol. The van der Waals surface area contributed by atoms with E-state index in [0.29, 0.717) is 12.2 Å². The van der Waals surface area contributed by atoms with Crippen LogP contribution in [0.5, 0.6) is 5.75 Å². The molecule has 0 aliphatic heterocycles. The summed E-state index contributed by atoms with van der Waals surface area (Å²) in [5.74, 6) is 0.699. The predicted octanol–water partition coefficient (Wildman–Crippen LogP) is 3.69. The highest BCUT2D eigenvalue weighted by molar-refractivity contribution is 5.92. The third kappa shape index (κ3) is 5.76. The number of nitrogens with zero attached hydrogens (tertiary/aromatic N) is 2. The minimum atomic E-state index is -0.136. The molecule has 26 heavy (non-hydrogen) atoms. The number of carbonyl (C=O) groups is 1. The molecule has 0 atom stereocenters. The molecule has 0 aliphatic carbocycles. The molecular weight excluding hydrogens is 326 g/mol. The van der Waals surface area contributed by atoms with Crippen LogP contribution in [0.25, 0.3) is 0 Å². The first kappa shape index (κ1) is 19.8. The lowest BCUT2D eigenvalue weighted by atomic mass is 10.1. The number of carbonyl (C=O) groups excluding carboxylic acids is 1. The minimum Gasteiger partial charge on any atom is -0.497 e. The minimum absolute atomic E-state index is 0.136. The third-order valence-corrected chi connectivity index (χ3v) is 4.19. The van der Waals surface area contributed by atoms with E-state index < -0.39 is 0 Å². The molecule has 0 spiro atoms. The van der Waals surface area contributed by atoms with Crippen molar-refractivity contribution in [3.8, 4) is 5.75 Å². The zero-order valence-electron chi connectivity index (χ0n) is 16.0. The molecular formula is C21H29N3O2. The molecule has 5 nitrogen and oxygen atoms in total. The molecule has 1 aromatic carbocycles. The second-order valence-corrected chi connectivity index (χ2v) is 6.24. The Balaban J connectivity index is 1.86. The highest BCUT2D eigenvalue weighted by Crippen LogP contribution is 2.14. The van der Waals surface area contributed by atoms with Crippen LogP contribution in [0.1, 0.15) is 42.7 Å². The van der Waals surface area contributed by atoms with Crippen LogP contribution in [0, 0.1) is 0 Å². The number of aromatic nitrogens is 1. The zero-order chi connectivity index (χ0) is 18.8.